The number of hydrogen-bond donors (Lipinski definition) is 1. The number of thiophene rings is 1. The van der Waals surface area contributed by atoms with E-state index in [4.69, 9.17) is 0 Å². The highest BCUT2D eigenvalue weighted by molar-refractivity contribution is 7.20. The second-order valence-electron chi connectivity index (χ2n) is 5.96. The molecule has 1 amide bonds. The van der Waals surface area contributed by atoms with Crippen molar-refractivity contribution < 1.29 is 4.79 Å². The third-order valence-electron chi connectivity index (χ3n) is 4.24. The summed E-state index contributed by atoms with van der Waals surface area (Å²) in [5, 5.41) is 12.8. The standard InChI is InChI=1S/C15H17N3OS/c1-7-8(2)17-18-15-11(7)12(9-3-4-9)13(20-15)14(19)16-10-5-6-10/h9-10H,3-6H2,1-2H3,(H,16,19). The second kappa shape index (κ2) is 4.25. The minimum atomic E-state index is 0.0921. The van der Waals surface area contributed by atoms with E-state index in [0.717, 1.165) is 28.2 Å². The third kappa shape index (κ3) is 1.92. The van der Waals surface area contributed by atoms with Crippen LogP contribution in [0.15, 0.2) is 0 Å². The van der Waals surface area contributed by atoms with Crippen LogP contribution in [0.25, 0.3) is 10.2 Å². The van der Waals surface area contributed by atoms with Gasteiger partial charge in [-0.1, -0.05) is 0 Å². The molecule has 2 aliphatic carbocycles. The van der Waals surface area contributed by atoms with Gasteiger partial charge in [0.25, 0.3) is 5.91 Å². The monoisotopic (exact) mass is 287 g/mol. The van der Waals surface area contributed by atoms with E-state index in [1.807, 2.05) is 6.92 Å². The van der Waals surface area contributed by atoms with Crippen molar-refractivity contribution in [2.75, 3.05) is 0 Å². The Balaban J connectivity index is 1.88. The molecule has 2 aromatic rings. The molecule has 0 aliphatic heterocycles. The van der Waals surface area contributed by atoms with Crippen molar-refractivity contribution >= 4 is 27.5 Å². The molecule has 0 spiro atoms. The van der Waals surface area contributed by atoms with Gasteiger partial charge in [-0.3, -0.25) is 4.79 Å². The lowest BCUT2D eigenvalue weighted by molar-refractivity contribution is 0.0954. The van der Waals surface area contributed by atoms with Gasteiger partial charge in [-0.25, -0.2) is 0 Å². The van der Waals surface area contributed by atoms with E-state index >= 15 is 0 Å². The van der Waals surface area contributed by atoms with Gasteiger partial charge in [0.15, 0.2) is 0 Å². The molecule has 2 saturated carbocycles. The first-order valence-electron chi connectivity index (χ1n) is 7.22. The van der Waals surface area contributed by atoms with Crippen LogP contribution < -0.4 is 5.32 Å². The minimum Gasteiger partial charge on any atom is -0.349 e. The van der Waals surface area contributed by atoms with Crippen LogP contribution in [0.1, 0.15) is 58.1 Å². The van der Waals surface area contributed by atoms with E-state index in [1.165, 1.54) is 40.7 Å². The summed E-state index contributed by atoms with van der Waals surface area (Å²) >= 11 is 1.51. The van der Waals surface area contributed by atoms with Crippen molar-refractivity contribution in [3.8, 4) is 0 Å². The number of rotatable bonds is 3. The highest BCUT2D eigenvalue weighted by atomic mass is 32.1. The van der Waals surface area contributed by atoms with Gasteiger partial charge in [0.05, 0.1) is 10.6 Å². The Morgan fingerprint density at radius 1 is 1.20 bits per heavy atom. The van der Waals surface area contributed by atoms with E-state index in [0.29, 0.717) is 12.0 Å². The topological polar surface area (TPSA) is 54.9 Å². The maximum atomic E-state index is 12.5. The van der Waals surface area contributed by atoms with E-state index in [2.05, 4.69) is 22.4 Å². The van der Waals surface area contributed by atoms with Crippen LogP contribution in [0.3, 0.4) is 0 Å². The number of aromatic nitrogens is 2. The van der Waals surface area contributed by atoms with Gasteiger partial charge in [-0.15, -0.1) is 16.4 Å². The lowest BCUT2D eigenvalue weighted by Crippen LogP contribution is -2.25. The molecule has 0 atom stereocenters. The van der Waals surface area contributed by atoms with Gasteiger partial charge in [0.2, 0.25) is 0 Å². The normalized spacial score (nSPS) is 18.5. The van der Waals surface area contributed by atoms with Crippen molar-refractivity contribution in [2.45, 2.75) is 51.5 Å². The minimum absolute atomic E-state index is 0.0921. The van der Waals surface area contributed by atoms with Crippen molar-refractivity contribution in [3.63, 3.8) is 0 Å². The zero-order chi connectivity index (χ0) is 13.9. The molecule has 0 aromatic carbocycles. The molecule has 4 rings (SSSR count). The number of carbonyl (C=O) groups is 1. The number of amides is 1. The summed E-state index contributed by atoms with van der Waals surface area (Å²) in [4.78, 5) is 14.3. The molecule has 5 heteroatoms. The fraction of sp³-hybridized carbons (Fsp3) is 0.533. The number of nitrogens with one attached hydrogen (secondary N) is 1. The van der Waals surface area contributed by atoms with Gasteiger partial charge < -0.3 is 5.32 Å². The van der Waals surface area contributed by atoms with Gasteiger partial charge in [0.1, 0.15) is 4.83 Å². The first kappa shape index (κ1) is 12.3. The quantitative estimate of drug-likeness (QED) is 0.944. The number of carbonyl (C=O) groups excluding carboxylic acids is 1. The molecule has 0 unspecified atom stereocenters. The fourth-order valence-electron chi connectivity index (χ4n) is 2.65. The average molecular weight is 287 g/mol. The summed E-state index contributed by atoms with van der Waals surface area (Å²) in [7, 11) is 0. The Morgan fingerprint density at radius 3 is 2.60 bits per heavy atom. The smallest absolute Gasteiger partial charge is 0.261 e. The molecule has 0 bridgehead atoms. The van der Waals surface area contributed by atoms with Crippen molar-refractivity contribution in [1.29, 1.82) is 0 Å². The van der Waals surface area contributed by atoms with E-state index in [1.54, 1.807) is 0 Å². The molecule has 2 heterocycles. The number of hydrogen-bond acceptors (Lipinski definition) is 4. The van der Waals surface area contributed by atoms with Crippen LogP contribution in [0.2, 0.25) is 0 Å². The molecule has 20 heavy (non-hydrogen) atoms. The second-order valence-corrected chi connectivity index (χ2v) is 6.96. The zero-order valence-electron chi connectivity index (χ0n) is 11.7. The third-order valence-corrected chi connectivity index (χ3v) is 5.33. The Morgan fingerprint density at radius 2 is 1.95 bits per heavy atom. The first-order chi connectivity index (χ1) is 9.65. The lowest BCUT2D eigenvalue weighted by Gasteiger charge is -2.06. The van der Waals surface area contributed by atoms with E-state index in [-0.39, 0.29) is 5.91 Å². The molecule has 0 saturated heterocycles. The number of fused-ring (bicyclic) bond motifs is 1. The zero-order valence-corrected chi connectivity index (χ0v) is 12.5. The highest BCUT2D eigenvalue weighted by Gasteiger charge is 2.34. The largest absolute Gasteiger partial charge is 0.349 e. The molecule has 1 N–H and O–H groups in total. The lowest BCUT2D eigenvalue weighted by atomic mass is 10.0. The summed E-state index contributed by atoms with van der Waals surface area (Å²) in [6, 6.07) is 0.397. The predicted molar refractivity (Wildman–Crippen MR) is 79.4 cm³/mol. The van der Waals surface area contributed by atoms with Gasteiger partial charge >= 0.3 is 0 Å². The maximum absolute atomic E-state index is 12.5. The summed E-state index contributed by atoms with van der Waals surface area (Å²) < 4.78 is 0. The highest BCUT2D eigenvalue weighted by Crippen LogP contribution is 2.48. The molecular formula is C15H17N3OS. The van der Waals surface area contributed by atoms with Gasteiger partial charge in [-0.05, 0) is 56.6 Å². The van der Waals surface area contributed by atoms with Crippen LogP contribution in [-0.4, -0.2) is 22.1 Å². The van der Waals surface area contributed by atoms with Crippen LogP contribution in [-0.2, 0) is 0 Å². The summed E-state index contributed by atoms with van der Waals surface area (Å²) in [5.74, 6) is 0.639. The molecule has 4 nitrogen and oxygen atoms in total. The number of aryl methyl sites for hydroxylation is 2. The van der Waals surface area contributed by atoms with Crippen molar-refractivity contribution in [2.24, 2.45) is 0 Å². The van der Waals surface area contributed by atoms with Gasteiger partial charge in [-0.2, -0.15) is 5.10 Å². The first-order valence-corrected chi connectivity index (χ1v) is 8.04. The van der Waals surface area contributed by atoms with Gasteiger partial charge in [0, 0.05) is 11.4 Å². The Labute approximate surface area is 121 Å². The molecule has 0 radical (unpaired) electrons. The molecule has 2 aromatic heterocycles. The van der Waals surface area contributed by atoms with E-state index in [9.17, 15) is 4.79 Å². The van der Waals surface area contributed by atoms with Crippen LogP contribution >= 0.6 is 11.3 Å². The Hall–Kier alpha value is -1.49. The van der Waals surface area contributed by atoms with Crippen molar-refractivity contribution in [1.82, 2.24) is 15.5 Å². The Bertz CT molecular complexity index is 713. The van der Waals surface area contributed by atoms with Crippen LogP contribution in [0.5, 0.6) is 0 Å². The van der Waals surface area contributed by atoms with Crippen LogP contribution in [0, 0.1) is 13.8 Å². The number of nitrogens with zero attached hydrogens (tertiary/aromatic N) is 2. The summed E-state index contributed by atoms with van der Waals surface area (Å²) in [5.41, 5.74) is 3.38. The van der Waals surface area contributed by atoms with Crippen molar-refractivity contribution in [3.05, 3.63) is 21.7 Å². The molecule has 104 valence electrons. The van der Waals surface area contributed by atoms with Crippen LogP contribution in [0.4, 0.5) is 0 Å². The summed E-state index contributed by atoms with van der Waals surface area (Å²) in [6.45, 7) is 4.08. The average Bonchev–Trinajstić information content (AvgIpc) is 3.33. The molecular weight excluding hydrogens is 270 g/mol. The molecule has 2 fully saturated rings. The van der Waals surface area contributed by atoms with E-state index < -0.39 is 0 Å². The maximum Gasteiger partial charge on any atom is 0.261 e. The summed E-state index contributed by atoms with van der Waals surface area (Å²) in [6.07, 6.45) is 4.62. The predicted octanol–water partition coefficient (Wildman–Crippen LogP) is 3.08. The fourth-order valence-corrected chi connectivity index (χ4v) is 3.82. The SMILES string of the molecule is Cc1nnc2sc(C(=O)NC3CC3)c(C3CC3)c2c1C. The molecule has 2 aliphatic rings. The Kier molecular flexibility index (Phi) is 2.61.